The molecule has 0 bridgehead atoms. The molecule has 1 unspecified atom stereocenters. The predicted octanol–water partition coefficient (Wildman–Crippen LogP) is 3.97. The lowest BCUT2D eigenvalue weighted by molar-refractivity contribution is -0.130. The average Bonchev–Trinajstić information content (AvgIpc) is 2.86. The van der Waals surface area contributed by atoms with Crippen LogP contribution in [0.3, 0.4) is 0 Å². The molecule has 0 radical (unpaired) electrons. The van der Waals surface area contributed by atoms with Crippen molar-refractivity contribution in [2.75, 3.05) is 12.3 Å². The van der Waals surface area contributed by atoms with Crippen LogP contribution < -0.4 is 0 Å². The molecule has 1 aliphatic rings. The molecule has 1 heterocycles. The minimum absolute atomic E-state index is 0.181. The lowest BCUT2D eigenvalue weighted by Crippen LogP contribution is -2.29. The summed E-state index contributed by atoms with van der Waals surface area (Å²) in [5, 5.41) is 0.210. The van der Waals surface area contributed by atoms with Gasteiger partial charge in [-0.15, -0.1) is 11.8 Å². The molecule has 0 N–H and O–H groups in total. The lowest BCUT2D eigenvalue weighted by atomic mass is 9.86. The molecule has 1 aromatic carbocycles. The first-order chi connectivity index (χ1) is 8.93. The van der Waals surface area contributed by atoms with Gasteiger partial charge in [-0.25, -0.2) is 0 Å². The van der Waals surface area contributed by atoms with Gasteiger partial charge in [-0.3, -0.25) is 4.79 Å². The molecular weight excluding hydrogens is 254 g/mol. The van der Waals surface area contributed by atoms with Gasteiger partial charge in [-0.1, -0.05) is 52.0 Å². The molecule has 0 spiro atoms. The van der Waals surface area contributed by atoms with Gasteiger partial charge < -0.3 is 4.90 Å². The van der Waals surface area contributed by atoms with Gasteiger partial charge in [-0.2, -0.15) is 0 Å². The number of thioether (sulfide) groups is 1. The summed E-state index contributed by atoms with van der Waals surface area (Å²) in [5.74, 6) is 1.30. The van der Waals surface area contributed by atoms with Crippen molar-refractivity contribution in [3.05, 3.63) is 35.4 Å². The van der Waals surface area contributed by atoms with E-state index < -0.39 is 0 Å². The topological polar surface area (TPSA) is 20.3 Å². The van der Waals surface area contributed by atoms with E-state index in [9.17, 15) is 4.79 Å². The summed E-state index contributed by atoms with van der Waals surface area (Å²) >= 11 is 1.87. The molecule has 104 valence electrons. The maximum Gasteiger partial charge on any atom is 0.223 e. The average molecular weight is 277 g/mol. The number of hydrogen-bond acceptors (Lipinski definition) is 2. The molecule has 1 fully saturated rings. The number of carbonyl (C=O) groups excluding carboxylic acids is 1. The molecule has 0 aromatic heterocycles. The van der Waals surface area contributed by atoms with Crippen LogP contribution in [0.25, 0.3) is 0 Å². The summed E-state index contributed by atoms with van der Waals surface area (Å²) in [6.07, 6.45) is 0.594. The molecule has 19 heavy (non-hydrogen) atoms. The smallest absolute Gasteiger partial charge is 0.223 e. The number of benzene rings is 1. The van der Waals surface area contributed by atoms with Crippen LogP contribution in [0.5, 0.6) is 0 Å². The van der Waals surface area contributed by atoms with Crippen LogP contribution in [0.2, 0.25) is 0 Å². The van der Waals surface area contributed by atoms with Crippen LogP contribution in [0.4, 0.5) is 0 Å². The number of rotatable bonds is 2. The van der Waals surface area contributed by atoms with Gasteiger partial charge in [0.2, 0.25) is 5.91 Å². The standard InChI is InChI=1S/C16H23NOS/c1-5-14(18)17-10-11-19-15(17)12-6-8-13(9-7-12)16(2,3)4/h6-9,15H,5,10-11H2,1-4H3. The van der Waals surface area contributed by atoms with E-state index >= 15 is 0 Å². The number of amides is 1. The van der Waals surface area contributed by atoms with E-state index in [0.29, 0.717) is 6.42 Å². The molecule has 0 saturated carbocycles. The monoisotopic (exact) mass is 277 g/mol. The van der Waals surface area contributed by atoms with Crippen LogP contribution in [0.15, 0.2) is 24.3 Å². The molecule has 3 heteroatoms. The Hall–Kier alpha value is -0.960. The number of nitrogens with zero attached hydrogens (tertiary/aromatic N) is 1. The number of carbonyl (C=O) groups is 1. The van der Waals surface area contributed by atoms with Gasteiger partial charge in [0.15, 0.2) is 0 Å². The van der Waals surface area contributed by atoms with E-state index in [1.165, 1.54) is 11.1 Å². The Balaban J connectivity index is 2.20. The lowest BCUT2D eigenvalue weighted by Gasteiger charge is -2.25. The van der Waals surface area contributed by atoms with Gasteiger partial charge in [0.05, 0.1) is 0 Å². The third kappa shape index (κ3) is 3.14. The Morgan fingerprint density at radius 3 is 2.47 bits per heavy atom. The Labute approximate surface area is 120 Å². The van der Waals surface area contributed by atoms with E-state index in [0.717, 1.165) is 12.3 Å². The molecule has 1 aromatic rings. The van der Waals surface area contributed by atoms with Gasteiger partial charge in [0.25, 0.3) is 0 Å². The van der Waals surface area contributed by atoms with Crippen molar-refractivity contribution in [1.29, 1.82) is 0 Å². The SMILES string of the molecule is CCC(=O)N1CCSC1c1ccc(C(C)(C)C)cc1. The normalized spacial score (nSPS) is 19.8. The molecule has 1 aliphatic heterocycles. The first-order valence-electron chi connectivity index (χ1n) is 6.95. The van der Waals surface area contributed by atoms with Gasteiger partial charge >= 0.3 is 0 Å². The first kappa shape index (κ1) is 14.4. The van der Waals surface area contributed by atoms with Crippen LogP contribution in [0.1, 0.15) is 50.6 Å². The Bertz CT molecular complexity index is 447. The largest absolute Gasteiger partial charge is 0.326 e. The van der Waals surface area contributed by atoms with Crippen LogP contribution in [-0.2, 0) is 10.2 Å². The van der Waals surface area contributed by atoms with Crippen molar-refractivity contribution in [2.45, 2.75) is 44.9 Å². The molecule has 0 aliphatic carbocycles. The maximum absolute atomic E-state index is 11.9. The van der Waals surface area contributed by atoms with Crippen molar-refractivity contribution in [1.82, 2.24) is 4.90 Å². The van der Waals surface area contributed by atoms with E-state index in [2.05, 4.69) is 45.0 Å². The quantitative estimate of drug-likeness (QED) is 0.815. The highest BCUT2D eigenvalue weighted by atomic mass is 32.2. The highest BCUT2D eigenvalue weighted by Gasteiger charge is 2.29. The minimum Gasteiger partial charge on any atom is -0.326 e. The fourth-order valence-electron chi connectivity index (χ4n) is 2.35. The van der Waals surface area contributed by atoms with Crippen LogP contribution in [-0.4, -0.2) is 23.1 Å². The van der Waals surface area contributed by atoms with Crippen molar-refractivity contribution < 1.29 is 4.79 Å². The fourth-order valence-corrected chi connectivity index (χ4v) is 3.63. The summed E-state index contributed by atoms with van der Waals surface area (Å²) in [4.78, 5) is 13.9. The zero-order chi connectivity index (χ0) is 14.0. The Morgan fingerprint density at radius 1 is 1.32 bits per heavy atom. The number of hydrogen-bond donors (Lipinski definition) is 0. The van der Waals surface area contributed by atoms with Crippen molar-refractivity contribution in [3.63, 3.8) is 0 Å². The molecular formula is C16H23NOS. The van der Waals surface area contributed by atoms with Crippen molar-refractivity contribution in [2.24, 2.45) is 0 Å². The zero-order valence-electron chi connectivity index (χ0n) is 12.3. The molecule has 1 amide bonds. The van der Waals surface area contributed by atoms with Crippen molar-refractivity contribution >= 4 is 17.7 Å². The highest BCUT2D eigenvalue weighted by molar-refractivity contribution is 7.99. The third-order valence-corrected chi connectivity index (χ3v) is 4.84. The second kappa shape index (κ2) is 5.58. The van der Waals surface area contributed by atoms with Gasteiger partial charge in [0.1, 0.15) is 5.37 Å². The van der Waals surface area contributed by atoms with E-state index in [-0.39, 0.29) is 16.7 Å². The molecule has 1 saturated heterocycles. The van der Waals surface area contributed by atoms with Crippen LogP contribution >= 0.6 is 11.8 Å². The van der Waals surface area contributed by atoms with Crippen molar-refractivity contribution in [3.8, 4) is 0 Å². The third-order valence-electron chi connectivity index (χ3n) is 3.58. The van der Waals surface area contributed by atoms with Gasteiger partial charge in [0, 0.05) is 18.7 Å². The van der Waals surface area contributed by atoms with Crippen LogP contribution in [0, 0.1) is 0 Å². The summed E-state index contributed by atoms with van der Waals surface area (Å²) in [5.41, 5.74) is 2.77. The fraction of sp³-hybridized carbons (Fsp3) is 0.562. The second-order valence-electron chi connectivity index (χ2n) is 6.04. The minimum atomic E-state index is 0.181. The Morgan fingerprint density at radius 2 is 1.95 bits per heavy atom. The van der Waals surface area contributed by atoms with Gasteiger partial charge in [-0.05, 0) is 16.5 Å². The van der Waals surface area contributed by atoms with E-state index in [1.54, 1.807) is 0 Å². The molecule has 2 nitrogen and oxygen atoms in total. The van der Waals surface area contributed by atoms with E-state index in [1.807, 2.05) is 23.6 Å². The molecule has 1 atom stereocenters. The second-order valence-corrected chi connectivity index (χ2v) is 7.22. The molecule has 2 rings (SSSR count). The zero-order valence-corrected chi connectivity index (χ0v) is 13.1. The predicted molar refractivity (Wildman–Crippen MR) is 82.3 cm³/mol. The maximum atomic E-state index is 11.9. The summed E-state index contributed by atoms with van der Waals surface area (Å²) in [6.45, 7) is 9.48. The Kier molecular flexibility index (Phi) is 4.24. The highest BCUT2D eigenvalue weighted by Crippen LogP contribution is 2.38. The summed E-state index contributed by atoms with van der Waals surface area (Å²) < 4.78 is 0. The summed E-state index contributed by atoms with van der Waals surface area (Å²) in [6, 6.07) is 8.75. The van der Waals surface area contributed by atoms with E-state index in [4.69, 9.17) is 0 Å². The summed E-state index contributed by atoms with van der Waals surface area (Å²) in [7, 11) is 0. The first-order valence-corrected chi connectivity index (χ1v) is 8.00.